The third-order valence-corrected chi connectivity index (χ3v) is 5.12. The van der Waals surface area contributed by atoms with Gasteiger partial charge in [-0.25, -0.2) is 0 Å². The smallest absolute Gasteiger partial charge is 0.0467 e. The summed E-state index contributed by atoms with van der Waals surface area (Å²) in [5.74, 6) is 0. The predicted octanol–water partition coefficient (Wildman–Crippen LogP) is 7.18. The van der Waals surface area contributed by atoms with Crippen molar-refractivity contribution < 1.29 is 20.4 Å². The van der Waals surface area contributed by atoms with Crippen molar-refractivity contribution in [3.05, 3.63) is 60.9 Å². The minimum atomic E-state index is 0.314. The van der Waals surface area contributed by atoms with Gasteiger partial charge >= 0.3 is 81.1 Å². The Labute approximate surface area is 177 Å². The summed E-state index contributed by atoms with van der Waals surface area (Å²) in [5.41, 5.74) is 4.83. The van der Waals surface area contributed by atoms with Crippen LogP contribution < -0.4 is 0 Å². The molecule has 0 atom stereocenters. The maximum Gasteiger partial charge on any atom is -0.0467 e. The van der Waals surface area contributed by atoms with Crippen LogP contribution >= 0.6 is 0 Å². The van der Waals surface area contributed by atoms with E-state index < -0.39 is 0 Å². The Bertz CT molecular complexity index is 390. The zero-order chi connectivity index (χ0) is 21.8. The van der Waals surface area contributed by atoms with Gasteiger partial charge in [0.2, 0.25) is 0 Å². The molecule has 0 radical (unpaired) electrons. The van der Waals surface area contributed by atoms with E-state index in [0.29, 0.717) is 5.41 Å². The Balaban J connectivity index is -0.000000137. The van der Waals surface area contributed by atoms with E-state index in [-0.39, 0.29) is 0 Å². The molecule has 0 aromatic carbocycles. The van der Waals surface area contributed by atoms with E-state index in [1.165, 1.54) is 20.6 Å². The average Bonchev–Trinajstić information content (AvgIpc) is 2.71. The van der Waals surface area contributed by atoms with E-state index in [1.54, 1.807) is 42.3 Å². The molecule has 0 aromatic heterocycles. The van der Waals surface area contributed by atoms with Crippen molar-refractivity contribution in [2.24, 2.45) is 5.41 Å². The van der Waals surface area contributed by atoms with Crippen LogP contribution in [0.5, 0.6) is 0 Å². The van der Waals surface area contributed by atoms with Gasteiger partial charge in [-0.05, 0) is 13.8 Å². The Kier molecular flexibility index (Phi) is 28.8. The second kappa shape index (κ2) is 22.6. The second-order valence-electron chi connectivity index (χ2n) is 6.27. The fourth-order valence-corrected chi connectivity index (χ4v) is 2.40. The number of rotatable bonds is 1. The van der Waals surface area contributed by atoms with Gasteiger partial charge in [-0.15, -0.1) is 0 Å². The van der Waals surface area contributed by atoms with Crippen LogP contribution in [0.4, 0.5) is 0 Å². The third-order valence-electron chi connectivity index (χ3n) is 3.56. The number of hydrogen-bond donors (Lipinski definition) is 0. The van der Waals surface area contributed by atoms with Crippen LogP contribution in [-0.4, -0.2) is 42.3 Å². The van der Waals surface area contributed by atoms with Crippen molar-refractivity contribution in [1.29, 1.82) is 0 Å². The molecule has 1 aliphatic carbocycles. The summed E-state index contributed by atoms with van der Waals surface area (Å²) in [4.78, 5) is 0. The predicted molar refractivity (Wildman–Crippen MR) is 120 cm³/mol. The molecule has 0 bridgehead atoms. The zero-order valence-electron chi connectivity index (χ0n) is 19.7. The fraction of sp³-hybridized carbons (Fsp3) is 0.636. The molecular weight excluding hydrogens is 354 g/mol. The first-order chi connectivity index (χ1) is 12.0. The fourth-order valence-electron chi connectivity index (χ4n) is 1.82. The molecule has 0 N–H and O–H groups in total. The molecular formula is C22H43N3Ti. The minimum Gasteiger partial charge on any atom is -0.668 e. The van der Waals surface area contributed by atoms with Crippen molar-refractivity contribution in [2.45, 2.75) is 48.5 Å². The first kappa shape index (κ1) is 33.2. The number of hydrogen-bond acceptors (Lipinski definition) is 0. The summed E-state index contributed by atoms with van der Waals surface area (Å²) in [5, 5.41) is 10.5. The molecule has 0 aromatic rings. The van der Waals surface area contributed by atoms with Crippen LogP contribution in [0, 0.1) is 5.41 Å². The SMILES string of the molecule is CC1=C(C)C(C)(C)[C]([Ti+3])=C1C.CC=CC=CC.C[N-]C.C[N-]C.C[N-]C. The van der Waals surface area contributed by atoms with Crippen molar-refractivity contribution >= 4 is 0 Å². The van der Waals surface area contributed by atoms with E-state index >= 15 is 0 Å². The molecule has 0 fully saturated rings. The van der Waals surface area contributed by atoms with Crippen molar-refractivity contribution in [3.63, 3.8) is 0 Å². The van der Waals surface area contributed by atoms with Crippen LogP contribution in [0.2, 0.25) is 0 Å². The second-order valence-corrected chi connectivity index (χ2v) is 7.05. The van der Waals surface area contributed by atoms with Gasteiger partial charge in [-0.2, -0.15) is 42.3 Å². The minimum absolute atomic E-state index is 0.314. The third kappa shape index (κ3) is 17.0. The molecule has 150 valence electrons. The molecule has 0 heterocycles. The maximum atomic E-state index is 3.50. The summed E-state index contributed by atoms with van der Waals surface area (Å²) in [7, 11) is 10.5. The van der Waals surface area contributed by atoms with Crippen LogP contribution in [0.15, 0.2) is 44.9 Å². The Morgan fingerprint density at radius 2 is 0.962 bits per heavy atom. The molecule has 0 aliphatic heterocycles. The summed E-state index contributed by atoms with van der Waals surface area (Å²) >= 11 is 2.25. The summed E-state index contributed by atoms with van der Waals surface area (Å²) in [6, 6.07) is 0. The van der Waals surface area contributed by atoms with Gasteiger partial charge in [0, 0.05) is 0 Å². The maximum absolute atomic E-state index is 3.50. The average molecular weight is 397 g/mol. The Morgan fingerprint density at radius 3 is 1.04 bits per heavy atom. The quantitative estimate of drug-likeness (QED) is 0.332. The van der Waals surface area contributed by atoms with Crippen molar-refractivity contribution in [2.75, 3.05) is 42.3 Å². The van der Waals surface area contributed by atoms with Crippen LogP contribution in [0.1, 0.15) is 48.5 Å². The van der Waals surface area contributed by atoms with Crippen LogP contribution in [0.25, 0.3) is 16.0 Å². The van der Waals surface area contributed by atoms with Gasteiger partial charge in [0.25, 0.3) is 0 Å². The molecule has 4 heteroatoms. The summed E-state index contributed by atoms with van der Waals surface area (Å²) in [6.07, 6.45) is 8.00. The van der Waals surface area contributed by atoms with E-state index in [4.69, 9.17) is 0 Å². The normalized spacial score (nSPS) is 14.7. The Morgan fingerprint density at radius 1 is 0.692 bits per heavy atom. The molecule has 3 nitrogen and oxygen atoms in total. The van der Waals surface area contributed by atoms with Crippen LogP contribution in [-0.2, 0) is 20.4 Å². The standard InChI is InChI=1S/C10H15.C6H10.3C2H6N.Ti/c1-7-6-10(4,5)9(3)8(7)2;1-3-5-6-4-2;3*1-3-2;/h1-5H3;3-6H,1-2H3;3*1-2H3;/q;;3*-1;+3. The number of allylic oxidation sites excluding steroid dienone is 8. The van der Waals surface area contributed by atoms with Gasteiger partial charge in [0.1, 0.15) is 0 Å². The largest absolute Gasteiger partial charge is 0.668 e. The van der Waals surface area contributed by atoms with Gasteiger partial charge in [0.05, 0.1) is 0 Å². The topological polar surface area (TPSA) is 42.3 Å². The molecule has 1 rings (SSSR count). The molecule has 26 heavy (non-hydrogen) atoms. The van der Waals surface area contributed by atoms with E-state index in [0.717, 1.165) is 0 Å². The molecule has 0 saturated heterocycles. The molecule has 0 spiro atoms. The van der Waals surface area contributed by atoms with Crippen LogP contribution in [0.3, 0.4) is 0 Å². The monoisotopic (exact) mass is 397 g/mol. The van der Waals surface area contributed by atoms with Gasteiger partial charge in [-0.1, -0.05) is 24.3 Å². The first-order valence-electron chi connectivity index (χ1n) is 8.84. The van der Waals surface area contributed by atoms with Gasteiger partial charge in [0.15, 0.2) is 0 Å². The molecule has 0 saturated carbocycles. The Hall–Kier alpha value is -0.446. The molecule has 0 unspecified atom stereocenters. The van der Waals surface area contributed by atoms with Gasteiger partial charge < -0.3 is 16.0 Å². The summed E-state index contributed by atoms with van der Waals surface area (Å²) < 4.78 is 1.53. The van der Waals surface area contributed by atoms with Crippen molar-refractivity contribution in [1.82, 2.24) is 0 Å². The molecule has 0 amide bonds. The zero-order valence-corrected chi connectivity index (χ0v) is 21.2. The first-order valence-corrected chi connectivity index (χ1v) is 9.62. The molecule has 1 aliphatic rings. The van der Waals surface area contributed by atoms with E-state index in [2.05, 4.69) is 71.0 Å². The van der Waals surface area contributed by atoms with E-state index in [9.17, 15) is 0 Å². The summed E-state index contributed by atoms with van der Waals surface area (Å²) in [6.45, 7) is 15.3. The van der Waals surface area contributed by atoms with Crippen molar-refractivity contribution in [3.8, 4) is 0 Å². The number of nitrogens with zero attached hydrogens (tertiary/aromatic N) is 3. The van der Waals surface area contributed by atoms with Gasteiger partial charge in [-0.3, -0.25) is 0 Å². The van der Waals surface area contributed by atoms with E-state index in [1.807, 2.05) is 38.2 Å².